The van der Waals surface area contributed by atoms with Crippen LogP contribution in [0.4, 0.5) is 0 Å². The predicted molar refractivity (Wildman–Crippen MR) is 65.7 cm³/mol. The summed E-state index contributed by atoms with van der Waals surface area (Å²) < 4.78 is 0. The van der Waals surface area contributed by atoms with E-state index in [0.29, 0.717) is 18.5 Å². The van der Waals surface area contributed by atoms with Gasteiger partial charge in [-0.1, -0.05) is 6.92 Å². The Kier molecular flexibility index (Phi) is 4.97. The largest absolute Gasteiger partial charge is 0.481 e. The number of aliphatic carboxylic acids is 1. The van der Waals surface area contributed by atoms with Crippen molar-refractivity contribution in [1.82, 2.24) is 4.90 Å². The first-order chi connectivity index (χ1) is 7.91. The van der Waals surface area contributed by atoms with E-state index in [0.717, 1.165) is 12.8 Å². The van der Waals surface area contributed by atoms with Crippen LogP contribution in [0.25, 0.3) is 0 Å². The Morgan fingerprint density at radius 2 is 1.76 bits per heavy atom. The lowest BCUT2D eigenvalue weighted by atomic mass is 9.95. The third kappa shape index (κ3) is 4.02. The Balaban J connectivity index is 2.53. The SMILES string of the molecule is CC(CC(=O)O)CC(=O)N1[C@H](C)CCC[C@@H]1C. The average molecular weight is 241 g/mol. The minimum Gasteiger partial charge on any atom is -0.481 e. The first kappa shape index (κ1) is 14.0. The zero-order chi connectivity index (χ0) is 13.0. The summed E-state index contributed by atoms with van der Waals surface area (Å²) in [5, 5.41) is 8.69. The molecule has 1 unspecified atom stereocenters. The second-order valence-corrected chi connectivity index (χ2v) is 5.34. The molecule has 0 aromatic rings. The molecule has 0 aromatic heterocycles. The number of carboxylic acids is 1. The third-order valence-electron chi connectivity index (χ3n) is 3.53. The molecule has 0 spiro atoms. The lowest BCUT2D eigenvalue weighted by Gasteiger charge is -2.39. The van der Waals surface area contributed by atoms with Crippen LogP contribution in [0, 0.1) is 5.92 Å². The molecule has 0 saturated carbocycles. The van der Waals surface area contributed by atoms with Gasteiger partial charge in [-0.25, -0.2) is 0 Å². The summed E-state index contributed by atoms with van der Waals surface area (Å²) in [6, 6.07) is 0.589. The molecule has 4 heteroatoms. The van der Waals surface area contributed by atoms with E-state index in [9.17, 15) is 9.59 Å². The Morgan fingerprint density at radius 3 is 2.24 bits per heavy atom. The standard InChI is InChI=1S/C13H23NO3/c1-9(8-13(16)17)7-12(15)14-10(2)5-4-6-11(14)3/h9-11H,4-8H2,1-3H3,(H,16,17)/t9?,10-,11+. The molecule has 17 heavy (non-hydrogen) atoms. The van der Waals surface area contributed by atoms with E-state index in [2.05, 4.69) is 13.8 Å². The average Bonchev–Trinajstić information content (AvgIpc) is 2.15. The van der Waals surface area contributed by atoms with Crippen molar-refractivity contribution < 1.29 is 14.7 Å². The van der Waals surface area contributed by atoms with Crippen molar-refractivity contribution >= 4 is 11.9 Å². The number of rotatable bonds is 4. The number of carbonyl (C=O) groups is 2. The minimum atomic E-state index is -0.829. The maximum absolute atomic E-state index is 12.1. The van der Waals surface area contributed by atoms with Crippen molar-refractivity contribution in [3.05, 3.63) is 0 Å². The monoisotopic (exact) mass is 241 g/mol. The number of hydrogen-bond acceptors (Lipinski definition) is 2. The summed E-state index contributed by atoms with van der Waals surface area (Å²) in [5.74, 6) is -0.801. The van der Waals surface area contributed by atoms with Crippen LogP contribution >= 0.6 is 0 Å². The van der Waals surface area contributed by atoms with Crippen molar-refractivity contribution in [2.24, 2.45) is 5.92 Å². The number of nitrogens with zero attached hydrogens (tertiary/aromatic N) is 1. The van der Waals surface area contributed by atoms with Gasteiger partial charge in [0.2, 0.25) is 5.91 Å². The summed E-state index contributed by atoms with van der Waals surface area (Å²) >= 11 is 0. The minimum absolute atomic E-state index is 0.0718. The number of amides is 1. The normalized spacial score (nSPS) is 26.6. The van der Waals surface area contributed by atoms with Gasteiger partial charge in [-0.2, -0.15) is 0 Å². The van der Waals surface area contributed by atoms with Gasteiger partial charge in [0.05, 0.1) is 0 Å². The molecule has 1 amide bonds. The number of carboxylic acid groups (broad SMARTS) is 1. The van der Waals surface area contributed by atoms with E-state index in [1.54, 1.807) is 0 Å². The fourth-order valence-electron chi connectivity index (χ4n) is 2.69. The molecule has 1 heterocycles. The van der Waals surface area contributed by atoms with Crippen LogP contribution in [0.1, 0.15) is 52.9 Å². The van der Waals surface area contributed by atoms with Crippen molar-refractivity contribution in [2.45, 2.75) is 65.0 Å². The molecule has 0 aliphatic carbocycles. The van der Waals surface area contributed by atoms with Crippen molar-refractivity contribution in [1.29, 1.82) is 0 Å². The molecule has 0 bridgehead atoms. The van der Waals surface area contributed by atoms with Gasteiger partial charge in [-0.05, 0) is 39.0 Å². The van der Waals surface area contributed by atoms with Crippen molar-refractivity contribution in [3.8, 4) is 0 Å². The molecule has 1 fully saturated rings. The van der Waals surface area contributed by atoms with Crippen molar-refractivity contribution in [3.63, 3.8) is 0 Å². The smallest absolute Gasteiger partial charge is 0.303 e. The zero-order valence-corrected chi connectivity index (χ0v) is 11.0. The first-order valence-corrected chi connectivity index (χ1v) is 6.44. The lowest BCUT2D eigenvalue weighted by Crippen LogP contribution is -2.47. The molecule has 1 N–H and O–H groups in total. The molecule has 0 radical (unpaired) electrons. The Hall–Kier alpha value is -1.06. The van der Waals surface area contributed by atoms with Gasteiger partial charge in [-0.3, -0.25) is 9.59 Å². The highest BCUT2D eigenvalue weighted by Gasteiger charge is 2.29. The quantitative estimate of drug-likeness (QED) is 0.821. The topological polar surface area (TPSA) is 57.6 Å². The van der Waals surface area contributed by atoms with Gasteiger partial charge in [-0.15, -0.1) is 0 Å². The van der Waals surface area contributed by atoms with Crippen LogP contribution in [-0.4, -0.2) is 34.0 Å². The van der Waals surface area contributed by atoms with Crippen LogP contribution in [-0.2, 0) is 9.59 Å². The molecule has 98 valence electrons. The molecular weight excluding hydrogens is 218 g/mol. The maximum atomic E-state index is 12.1. The van der Waals surface area contributed by atoms with Crippen LogP contribution in [0.3, 0.4) is 0 Å². The number of likely N-dealkylation sites (tertiary alicyclic amines) is 1. The Bertz CT molecular complexity index is 280. The van der Waals surface area contributed by atoms with E-state index in [1.807, 2.05) is 11.8 Å². The van der Waals surface area contributed by atoms with Crippen LogP contribution in [0.15, 0.2) is 0 Å². The number of hydrogen-bond donors (Lipinski definition) is 1. The summed E-state index contributed by atoms with van der Waals surface area (Å²) in [6.07, 6.45) is 3.72. The summed E-state index contributed by atoms with van der Waals surface area (Å²) in [7, 11) is 0. The second-order valence-electron chi connectivity index (χ2n) is 5.34. The molecule has 1 saturated heterocycles. The van der Waals surface area contributed by atoms with Gasteiger partial charge in [0.25, 0.3) is 0 Å². The number of piperidine rings is 1. The molecule has 1 rings (SSSR count). The summed E-state index contributed by atoms with van der Waals surface area (Å²) in [5.41, 5.74) is 0. The van der Waals surface area contributed by atoms with Gasteiger partial charge in [0.15, 0.2) is 0 Å². The van der Waals surface area contributed by atoms with Gasteiger partial charge in [0, 0.05) is 24.9 Å². The van der Waals surface area contributed by atoms with Crippen LogP contribution in [0.5, 0.6) is 0 Å². The molecular formula is C13H23NO3. The van der Waals surface area contributed by atoms with Gasteiger partial charge < -0.3 is 10.0 Å². The van der Waals surface area contributed by atoms with Crippen molar-refractivity contribution in [2.75, 3.05) is 0 Å². The first-order valence-electron chi connectivity index (χ1n) is 6.44. The molecule has 3 atom stereocenters. The molecule has 1 aliphatic rings. The zero-order valence-electron chi connectivity index (χ0n) is 11.0. The van der Waals surface area contributed by atoms with E-state index < -0.39 is 5.97 Å². The molecule has 0 aromatic carbocycles. The summed E-state index contributed by atoms with van der Waals surface area (Å²) in [4.78, 5) is 24.7. The maximum Gasteiger partial charge on any atom is 0.303 e. The van der Waals surface area contributed by atoms with Crippen LogP contribution in [0.2, 0.25) is 0 Å². The summed E-state index contributed by atoms with van der Waals surface area (Å²) in [6.45, 7) is 5.98. The van der Waals surface area contributed by atoms with E-state index in [4.69, 9.17) is 5.11 Å². The highest BCUT2D eigenvalue weighted by atomic mass is 16.4. The highest BCUT2D eigenvalue weighted by molar-refractivity contribution is 5.78. The van der Waals surface area contributed by atoms with Crippen LogP contribution < -0.4 is 0 Å². The number of carbonyl (C=O) groups excluding carboxylic acids is 1. The van der Waals surface area contributed by atoms with Gasteiger partial charge in [0.1, 0.15) is 0 Å². The van der Waals surface area contributed by atoms with E-state index in [-0.39, 0.29) is 18.2 Å². The van der Waals surface area contributed by atoms with E-state index >= 15 is 0 Å². The highest BCUT2D eigenvalue weighted by Crippen LogP contribution is 2.24. The predicted octanol–water partition coefficient (Wildman–Crippen LogP) is 2.28. The molecule has 1 aliphatic heterocycles. The Morgan fingerprint density at radius 1 is 1.24 bits per heavy atom. The van der Waals surface area contributed by atoms with Gasteiger partial charge >= 0.3 is 5.97 Å². The Labute approximate surface area is 103 Å². The van der Waals surface area contributed by atoms with E-state index in [1.165, 1.54) is 6.42 Å². The fourth-order valence-corrected chi connectivity index (χ4v) is 2.69. The second kappa shape index (κ2) is 6.03. The third-order valence-corrected chi connectivity index (χ3v) is 3.53. The molecule has 4 nitrogen and oxygen atoms in total. The lowest BCUT2D eigenvalue weighted by molar-refractivity contribution is -0.140. The fraction of sp³-hybridized carbons (Fsp3) is 0.846.